The molecule has 23 heavy (non-hydrogen) atoms. The molecule has 0 bridgehead atoms. The predicted octanol–water partition coefficient (Wildman–Crippen LogP) is 2.23. The topological polar surface area (TPSA) is 42.9 Å². The minimum absolute atomic E-state index is 0. The van der Waals surface area contributed by atoms with Gasteiger partial charge >= 0.3 is 0 Å². The highest BCUT2D eigenvalue weighted by Crippen LogP contribution is 2.05. The van der Waals surface area contributed by atoms with E-state index in [1.807, 2.05) is 0 Å². The van der Waals surface area contributed by atoms with E-state index in [2.05, 4.69) is 62.0 Å². The van der Waals surface area contributed by atoms with Gasteiger partial charge in [-0.2, -0.15) is 0 Å². The number of piperazine rings is 1. The summed E-state index contributed by atoms with van der Waals surface area (Å²) in [7, 11) is 0. The summed E-state index contributed by atoms with van der Waals surface area (Å²) in [6.07, 6.45) is 0. The molecule has 138 valence electrons. The van der Waals surface area contributed by atoms with Gasteiger partial charge in [-0.05, 0) is 33.6 Å². The van der Waals surface area contributed by atoms with Crippen molar-refractivity contribution in [2.45, 2.75) is 47.1 Å². The lowest BCUT2D eigenvalue weighted by Gasteiger charge is -2.37. The van der Waals surface area contributed by atoms with E-state index in [-0.39, 0.29) is 29.5 Å². The number of hydrogen-bond donors (Lipinski definition) is 2. The Morgan fingerprint density at radius 2 is 1.74 bits per heavy atom. The summed E-state index contributed by atoms with van der Waals surface area (Å²) in [6.45, 7) is 21.6. The number of halogens is 1. The SMILES string of the molecule is CCNC(=NCCNC(C)(C)C)N1CCN(CC(C)C)CC1.I. The Morgan fingerprint density at radius 1 is 1.13 bits per heavy atom. The van der Waals surface area contributed by atoms with Crippen LogP contribution in [0.1, 0.15) is 41.5 Å². The molecular weight excluding hydrogens is 401 g/mol. The molecule has 2 N–H and O–H groups in total. The molecule has 0 unspecified atom stereocenters. The molecule has 1 heterocycles. The van der Waals surface area contributed by atoms with Crippen molar-refractivity contribution in [1.82, 2.24) is 20.4 Å². The van der Waals surface area contributed by atoms with Crippen LogP contribution < -0.4 is 10.6 Å². The largest absolute Gasteiger partial charge is 0.357 e. The van der Waals surface area contributed by atoms with E-state index in [1.54, 1.807) is 0 Å². The van der Waals surface area contributed by atoms with Gasteiger partial charge < -0.3 is 15.5 Å². The van der Waals surface area contributed by atoms with Gasteiger partial charge in [0.1, 0.15) is 0 Å². The van der Waals surface area contributed by atoms with Crippen molar-refractivity contribution < 1.29 is 0 Å². The quantitative estimate of drug-likeness (QED) is 0.288. The molecule has 1 rings (SSSR count). The number of nitrogens with one attached hydrogen (secondary N) is 2. The van der Waals surface area contributed by atoms with Crippen LogP contribution in [0.3, 0.4) is 0 Å². The minimum Gasteiger partial charge on any atom is -0.357 e. The van der Waals surface area contributed by atoms with E-state index in [9.17, 15) is 0 Å². The molecule has 1 aliphatic heterocycles. The molecule has 0 aromatic carbocycles. The second-order valence-corrected chi connectivity index (χ2v) is 7.59. The molecule has 1 saturated heterocycles. The molecule has 5 nitrogen and oxygen atoms in total. The maximum Gasteiger partial charge on any atom is 0.194 e. The Balaban J connectivity index is 0.00000484. The fourth-order valence-corrected chi connectivity index (χ4v) is 2.68. The molecule has 0 atom stereocenters. The summed E-state index contributed by atoms with van der Waals surface area (Å²) in [6, 6.07) is 0. The van der Waals surface area contributed by atoms with E-state index in [4.69, 9.17) is 4.99 Å². The van der Waals surface area contributed by atoms with Gasteiger partial charge in [0.2, 0.25) is 0 Å². The third kappa shape index (κ3) is 10.4. The molecule has 0 radical (unpaired) electrons. The molecule has 6 heteroatoms. The van der Waals surface area contributed by atoms with Crippen LogP contribution in [-0.4, -0.2) is 73.7 Å². The molecule has 0 aromatic heterocycles. The van der Waals surface area contributed by atoms with Crippen molar-refractivity contribution >= 4 is 29.9 Å². The minimum atomic E-state index is 0. The maximum absolute atomic E-state index is 4.78. The molecule has 1 aliphatic rings. The Bertz CT molecular complexity index is 330. The van der Waals surface area contributed by atoms with Crippen molar-refractivity contribution in [3.05, 3.63) is 0 Å². The summed E-state index contributed by atoms with van der Waals surface area (Å²) < 4.78 is 0. The zero-order valence-electron chi connectivity index (χ0n) is 16.0. The second-order valence-electron chi connectivity index (χ2n) is 7.59. The fraction of sp³-hybridized carbons (Fsp3) is 0.941. The molecule has 0 spiro atoms. The number of nitrogens with zero attached hydrogens (tertiary/aromatic N) is 3. The monoisotopic (exact) mass is 439 g/mol. The first-order valence-corrected chi connectivity index (χ1v) is 8.82. The van der Waals surface area contributed by atoms with Gasteiger partial charge in [0.15, 0.2) is 5.96 Å². The lowest BCUT2D eigenvalue weighted by Crippen LogP contribution is -2.53. The van der Waals surface area contributed by atoms with Crippen LogP contribution in [0.15, 0.2) is 4.99 Å². The van der Waals surface area contributed by atoms with Crippen LogP contribution >= 0.6 is 24.0 Å². The van der Waals surface area contributed by atoms with Crippen LogP contribution in [0.2, 0.25) is 0 Å². The van der Waals surface area contributed by atoms with Crippen molar-refractivity contribution in [2.75, 3.05) is 52.4 Å². The summed E-state index contributed by atoms with van der Waals surface area (Å²) in [5.74, 6) is 1.82. The molecular formula is C17H38IN5. The van der Waals surface area contributed by atoms with Gasteiger partial charge in [0.25, 0.3) is 0 Å². The molecule has 0 saturated carbocycles. The van der Waals surface area contributed by atoms with Gasteiger partial charge in [-0.3, -0.25) is 9.89 Å². The highest BCUT2D eigenvalue weighted by Gasteiger charge is 2.19. The summed E-state index contributed by atoms with van der Waals surface area (Å²) in [5.41, 5.74) is 0.163. The second kappa shape index (κ2) is 11.5. The highest BCUT2D eigenvalue weighted by molar-refractivity contribution is 14.0. The van der Waals surface area contributed by atoms with Gasteiger partial charge in [-0.15, -0.1) is 24.0 Å². The molecule has 0 amide bonds. The molecule has 0 aliphatic carbocycles. The van der Waals surface area contributed by atoms with Crippen molar-refractivity contribution in [2.24, 2.45) is 10.9 Å². The van der Waals surface area contributed by atoms with Gasteiger partial charge in [-0.1, -0.05) is 13.8 Å². The Morgan fingerprint density at radius 3 is 2.22 bits per heavy atom. The number of guanidine groups is 1. The Hall–Kier alpha value is -0.0800. The first-order valence-electron chi connectivity index (χ1n) is 8.82. The number of rotatable bonds is 6. The smallest absolute Gasteiger partial charge is 0.194 e. The normalized spacial score (nSPS) is 17.3. The summed E-state index contributed by atoms with van der Waals surface area (Å²) >= 11 is 0. The molecule has 0 aromatic rings. The summed E-state index contributed by atoms with van der Waals surface area (Å²) in [5, 5.41) is 6.92. The van der Waals surface area contributed by atoms with E-state index in [0.717, 1.165) is 57.7 Å². The average molecular weight is 439 g/mol. The molecule has 1 fully saturated rings. The fourth-order valence-electron chi connectivity index (χ4n) is 2.68. The van der Waals surface area contributed by atoms with Crippen molar-refractivity contribution in [3.63, 3.8) is 0 Å². The zero-order chi connectivity index (χ0) is 16.6. The zero-order valence-corrected chi connectivity index (χ0v) is 18.3. The third-order valence-electron chi connectivity index (χ3n) is 3.66. The summed E-state index contributed by atoms with van der Waals surface area (Å²) in [4.78, 5) is 9.74. The first-order chi connectivity index (χ1) is 10.3. The van der Waals surface area contributed by atoms with E-state index in [1.165, 1.54) is 6.54 Å². The van der Waals surface area contributed by atoms with E-state index in [0.29, 0.717) is 0 Å². The maximum atomic E-state index is 4.78. The van der Waals surface area contributed by atoms with Gasteiger partial charge in [0, 0.05) is 51.4 Å². The van der Waals surface area contributed by atoms with Crippen LogP contribution in [0.4, 0.5) is 0 Å². The van der Waals surface area contributed by atoms with Crippen molar-refractivity contribution in [3.8, 4) is 0 Å². The Labute approximate surface area is 160 Å². The van der Waals surface area contributed by atoms with Crippen LogP contribution in [0, 0.1) is 5.92 Å². The average Bonchev–Trinajstić information content (AvgIpc) is 2.41. The number of aliphatic imine (C=N–C) groups is 1. The number of hydrogen-bond acceptors (Lipinski definition) is 3. The lowest BCUT2D eigenvalue weighted by atomic mass is 10.1. The first kappa shape index (κ1) is 22.9. The standard InChI is InChI=1S/C17H37N5.HI/c1-7-18-16(19-8-9-20-17(4,5)6)22-12-10-21(11-13-22)14-15(2)3;/h15,20H,7-14H2,1-6H3,(H,18,19);1H. The van der Waals surface area contributed by atoms with E-state index >= 15 is 0 Å². The third-order valence-corrected chi connectivity index (χ3v) is 3.66. The van der Waals surface area contributed by atoms with Gasteiger partial charge in [0.05, 0.1) is 6.54 Å². The van der Waals surface area contributed by atoms with Crippen molar-refractivity contribution in [1.29, 1.82) is 0 Å². The highest BCUT2D eigenvalue weighted by atomic mass is 127. The van der Waals surface area contributed by atoms with E-state index < -0.39 is 0 Å². The van der Waals surface area contributed by atoms with Crippen LogP contribution in [0.25, 0.3) is 0 Å². The lowest BCUT2D eigenvalue weighted by molar-refractivity contribution is 0.164. The predicted molar refractivity (Wildman–Crippen MR) is 112 cm³/mol. The van der Waals surface area contributed by atoms with Gasteiger partial charge in [-0.25, -0.2) is 0 Å². The van der Waals surface area contributed by atoms with Crippen LogP contribution in [0.5, 0.6) is 0 Å². The Kier molecular flexibility index (Phi) is 11.4. The van der Waals surface area contributed by atoms with Crippen LogP contribution in [-0.2, 0) is 0 Å².